The van der Waals surface area contributed by atoms with E-state index in [0.717, 1.165) is 12.1 Å². The molecule has 6 nitrogen and oxygen atoms in total. The van der Waals surface area contributed by atoms with E-state index in [1.165, 1.54) is 0 Å². The van der Waals surface area contributed by atoms with Gasteiger partial charge in [0.2, 0.25) is 5.91 Å². The summed E-state index contributed by atoms with van der Waals surface area (Å²) in [6, 6.07) is 9.91. The number of hydrogen-bond acceptors (Lipinski definition) is 4. The second kappa shape index (κ2) is 8.08. The van der Waals surface area contributed by atoms with Crippen molar-refractivity contribution in [3.05, 3.63) is 35.9 Å². The number of nitrogens with zero attached hydrogens (tertiary/aromatic N) is 2. The summed E-state index contributed by atoms with van der Waals surface area (Å²) >= 11 is 0. The number of carbonyl (C=O) groups is 2. The Bertz CT molecular complexity index is 533. The van der Waals surface area contributed by atoms with E-state index in [1.54, 1.807) is 0 Å². The zero-order valence-electron chi connectivity index (χ0n) is 13.7. The summed E-state index contributed by atoms with van der Waals surface area (Å²) in [7, 11) is 3.87. The van der Waals surface area contributed by atoms with Gasteiger partial charge in [0, 0.05) is 32.7 Å². The first-order chi connectivity index (χ1) is 11.0. The molecule has 6 heteroatoms. The number of hydrogen-bond donors (Lipinski definition) is 2. The molecule has 23 heavy (non-hydrogen) atoms. The molecule has 1 aliphatic rings. The van der Waals surface area contributed by atoms with Crippen LogP contribution in [-0.2, 0) is 16.1 Å². The Labute approximate surface area is 137 Å². The third-order valence-electron chi connectivity index (χ3n) is 4.16. The van der Waals surface area contributed by atoms with Crippen LogP contribution in [0.4, 0.5) is 0 Å². The molecular formula is C17H25N3O3. The maximum atomic E-state index is 12.3. The van der Waals surface area contributed by atoms with Crippen LogP contribution >= 0.6 is 0 Å². The van der Waals surface area contributed by atoms with Gasteiger partial charge in [-0.05, 0) is 19.7 Å². The van der Waals surface area contributed by atoms with Gasteiger partial charge in [-0.1, -0.05) is 30.3 Å². The number of aliphatic carboxylic acids is 1. The second-order valence-electron chi connectivity index (χ2n) is 6.33. The molecular weight excluding hydrogens is 294 g/mol. The molecule has 0 bridgehead atoms. The van der Waals surface area contributed by atoms with Crippen LogP contribution in [-0.4, -0.2) is 67.1 Å². The predicted octanol–water partition coefficient (Wildman–Crippen LogP) is 0.497. The van der Waals surface area contributed by atoms with Crippen LogP contribution in [0.15, 0.2) is 30.3 Å². The van der Waals surface area contributed by atoms with Gasteiger partial charge in [-0.15, -0.1) is 0 Å². The van der Waals surface area contributed by atoms with E-state index in [4.69, 9.17) is 0 Å². The van der Waals surface area contributed by atoms with Gasteiger partial charge < -0.3 is 15.3 Å². The fourth-order valence-corrected chi connectivity index (χ4v) is 2.91. The monoisotopic (exact) mass is 319 g/mol. The molecule has 0 aromatic heterocycles. The first kappa shape index (κ1) is 17.4. The molecule has 1 heterocycles. The second-order valence-corrected chi connectivity index (χ2v) is 6.33. The molecule has 126 valence electrons. The van der Waals surface area contributed by atoms with Crippen molar-refractivity contribution in [2.24, 2.45) is 11.8 Å². The van der Waals surface area contributed by atoms with Gasteiger partial charge in [-0.2, -0.15) is 0 Å². The van der Waals surface area contributed by atoms with Gasteiger partial charge >= 0.3 is 5.97 Å². The summed E-state index contributed by atoms with van der Waals surface area (Å²) in [5.74, 6) is -2.18. The molecule has 2 rings (SSSR count). The number of carboxylic acids is 1. The van der Waals surface area contributed by atoms with Crippen molar-refractivity contribution in [1.29, 1.82) is 0 Å². The molecule has 2 N–H and O–H groups in total. The average molecular weight is 319 g/mol. The molecule has 1 amide bonds. The lowest BCUT2D eigenvalue weighted by molar-refractivity contribution is -0.145. The lowest BCUT2D eigenvalue weighted by Crippen LogP contribution is -2.40. The Balaban J connectivity index is 1.95. The van der Waals surface area contributed by atoms with Crippen molar-refractivity contribution >= 4 is 11.9 Å². The number of nitrogens with one attached hydrogen (secondary N) is 1. The molecule has 0 radical (unpaired) electrons. The summed E-state index contributed by atoms with van der Waals surface area (Å²) in [6.07, 6.45) is 0. The molecule has 0 spiro atoms. The maximum absolute atomic E-state index is 12.3. The van der Waals surface area contributed by atoms with Crippen molar-refractivity contribution in [2.75, 3.05) is 40.3 Å². The molecule has 0 unspecified atom stereocenters. The van der Waals surface area contributed by atoms with Gasteiger partial charge in [0.05, 0.1) is 11.8 Å². The first-order valence-electron chi connectivity index (χ1n) is 7.89. The van der Waals surface area contributed by atoms with Crippen LogP contribution in [0.25, 0.3) is 0 Å². The van der Waals surface area contributed by atoms with E-state index in [9.17, 15) is 14.7 Å². The molecule has 1 aromatic carbocycles. The minimum absolute atomic E-state index is 0.158. The molecule has 1 saturated heterocycles. The minimum Gasteiger partial charge on any atom is -0.481 e. The molecule has 2 atom stereocenters. The summed E-state index contributed by atoms with van der Waals surface area (Å²) in [4.78, 5) is 27.8. The zero-order valence-corrected chi connectivity index (χ0v) is 13.7. The number of benzene rings is 1. The number of carbonyl (C=O) groups excluding carboxylic acids is 1. The highest BCUT2D eigenvalue weighted by atomic mass is 16.4. The largest absolute Gasteiger partial charge is 0.481 e. The highest BCUT2D eigenvalue weighted by Crippen LogP contribution is 2.25. The van der Waals surface area contributed by atoms with Crippen molar-refractivity contribution in [3.63, 3.8) is 0 Å². The van der Waals surface area contributed by atoms with E-state index >= 15 is 0 Å². The van der Waals surface area contributed by atoms with Gasteiger partial charge in [-0.25, -0.2) is 0 Å². The fourth-order valence-electron chi connectivity index (χ4n) is 2.91. The Morgan fingerprint density at radius 3 is 2.48 bits per heavy atom. The molecule has 1 aromatic rings. The predicted molar refractivity (Wildman–Crippen MR) is 87.9 cm³/mol. The third-order valence-corrected chi connectivity index (χ3v) is 4.16. The van der Waals surface area contributed by atoms with Crippen LogP contribution in [0.2, 0.25) is 0 Å². The summed E-state index contributed by atoms with van der Waals surface area (Å²) in [6.45, 7) is 2.85. The van der Waals surface area contributed by atoms with Gasteiger partial charge in [0.25, 0.3) is 0 Å². The number of amides is 1. The van der Waals surface area contributed by atoms with Crippen LogP contribution < -0.4 is 5.32 Å². The standard InChI is InChI=1S/C17H25N3O3/c1-19(2)9-8-18-16(21)14-11-20(12-15(14)17(22)23)10-13-6-4-3-5-7-13/h3-7,14-15H,8-12H2,1-2H3,(H,18,21)(H,22,23)/t14-,15+/m1/s1. The van der Waals surface area contributed by atoms with E-state index in [2.05, 4.69) is 5.32 Å². The number of rotatable bonds is 7. The van der Waals surface area contributed by atoms with E-state index < -0.39 is 17.8 Å². The van der Waals surface area contributed by atoms with Crippen molar-refractivity contribution < 1.29 is 14.7 Å². The van der Waals surface area contributed by atoms with Gasteiger partial charge in [-0.3, -0.25) is 14.5 Å². The topological polar surface area (TPSA) is 72.9 Å². The Morgan fingerprint density at radius 1 is 1.22 bits per heavy atom. The van der Waals surface area contributed by atoms with Crippen LogP contribution in [0.3, 0.4) is 0 Å². The van der Waals surface area contributed by atoms with Crippen molar-refractivity contribution in [2.45, 2.75) is 6.54 Å². The molecule has 1 fully saturated rings. The van der Waals surface area contributed by atoms with Crippen LogP contribution in [0, 0.1) is 11.8 Å². The molecule has 1 aliphatic heterocycles. The lowest BCUT2D eigenvalue weighted by Gasteiger charge is -2.17. The van der Waals surface area contributed by atoms with E-state index in [1.807, 2.05) is 54.2 Å². The van der Waals surface area contributed by atoms with Crippen molar-refractivity contribution in [1.82, 2.24) is 15.1 Å². The van der Waals surface area contributed by atoms with Gasteiger partial charge in [0.1, 0.15) is 0 Å². The molecule has 0 saturated carbocycles. The number of carboxylic acid groups (broad SMARTS) is 1. The first-order valence-corrected chi connectivity index (χ1v) is 7.89. The Kier molecular flexibility index (Phi) is 6.12. The average Bonchev–Trinajstić information content (AvgIpc) is 2.92. The summed E-state index contributed by atoms with van der Waals surface area (Å²) in [5.41, 5.74) is 1.13. The maximum Gasteiger partial charge on any atom is 0.308 e. The summed E-state index contributed by atoms with van der Waals surface area (Å²) in [5, 5.41) is 12.3. The van der Waals surface area contributed by atoms with E-state index in [-0.39, 0.29) is 5.91 Å². The zero-order chi connectivity index (χ0) is 16.8. The van der Waals surface area contributed by atoms with Gasteiger partial charge in [0.15, 0.2) is 0 Å². The smallest absolute Gasteiger partial charge is 0.308 e. The van der Waals surface area contributed by atoms with E-state index in [0.29, 0.717) is 26.2 Å². The minimum atomic E-state index is -0.895. The summed E-state index contributed by atoms with van der Waals surface area (Å²) < 4.78 is 0. The highest BCUT2D eigenvalue weighted by Gasteiger charge is 2.41. The quantitative estimate of drug-likeness (QED) is 0.765. The third kappa shape index (κ3) is 5.04. The highest BCUT2D eigenvalue weighted by molar-refractivity contribution is 5.85. The number of likely N-dealkylation sites (tertiary alicyclic amines) is 1. The number of likely N-dealkylation sites (N-methyl/N-ethyl adjacent to an activating group) is 1. The van der Waals surface area contributed by atoms with Crippen LogP contribution in [0.5, 0.6) is 0 Å². The Hall–Kier alpha value is -1.92. The lowest BCUT2D eigenvalue weighted by atomic mass is 9.95. The SMILES string of the molecule is CN(C)CCNC(=O)[C@@H]1CN(Cc2ccccc2)C[C@@H]1C(=O)O. The van der Waals surface area contributed by atoms with Crippen LogP contribution in [0.1, 0.15) is 5.56 Å². The van der Waals surface area contributed by atoms with Crippen molar-refractivity contribution in [3.8, 4) is 0 Å². The fraction of sp³-hybridized carbons (Fsp3) is 0.529. The normalized spacial score (nSPS) is 21.5. The Morgan fingerprint density at radius 2 is 1.87 bits per heavy atom. The molecule has 0 aliphatic carbocycles.